The summed E-state index contributed by atoms with van der Waals surface area (Å²) < 4.78 is 33.6. The molecule has 0 heterocycles. The van der Waals surface area contributed by atoms with Crippen LogP contribution in [0, 0.1) is 0 Å². The Bertz CT molecular complexity index is 1200. The average Bonchev–Trinajstić information content (AvgIpc) is 3.28. The van der Waals surface area contributed by atoms with E-state index in [0.29, 0.717) is 6.61 Å². The molecule has 2 unspecified atom stereocenters. The number of phosphoric acid groups is 1. The Morgan fingerprint density at radius 1 is 0.492 bits per heavy atom. The van der Waals surface area contributed by atoms with Gasteiger partial charge in [0.2, 0.25) is 0 Å². The van der Waals surface area contributed by atoms with Crippen LogP contribution in [-0.4, -0.2) is 49.9 Å². The van der Waals surface area contributed by atoms with Gasteiger partial charge < -0.3 is 20.1 Å². The van der Waals surface area contributed by atoms with Crippen LogP contribution in [0.15, 0.2) is 72.9 Å². The average molecular weight is 904 g/mol. The number of carbonyl (C=O) groups is 1. The number of unbranched alkanes of at least 4 members (excludes halogenated alkanes) is 24. The van der Waals surface area contributed by atoms with Crippen molar-refractivity contribution >= 4 is 13.8 Å². The molecule has 0 rings (SSSR count). The summed E-state index contributed by atoms with van der Waals surface area (Å²) in [4.78, 5) is 22.6. The lowest BCUT2D eigenvalue weighted by molar-refractivity contribution is -0.154. The fourth-order valence-corrected chi connectivity index (χ4v) is 7.88. The molecule has 366 valence electrons. The first-order valence-corrected chi connectivity index (χ1v) is 27.4. The lowest BCUT2D eigenvalue weighted by Gasteiger charge is -2.20. The van der Waals surface area contributed by atoms with Crippen molar-refractivity contribution in [1.29, 1.82) is 0 Å². The molecule has 0 aromatic heterocycles. The third-order valence-electron chi connectivity index (χ3n) is 10.9. The van der Waals surface area contributed by atoms with E-state index in [1.165, 1.54) is 122 Å². The summed E-state index contributed by atoms with van der Waals surface area (Å²) in [5, 5.41) is 0. The Kier molecular flexibility index (Phi) is 49.3. The quantitative estimate of drug-likeness (QED) is 0.0268. The van der Waals surface area contributed by atoms with Gasteiger partial charge in [0.05, 0.1) is 19.8 Å². The molecule has 0 aliphatic heterocycles. The van der Waals surface area contributed by atoms with Gasteiger partial charge in [-0.1, -0.05) is 228 Å². The molecule has 3 N–H and O–H groups in total. The predicted molar refractivity (Wildman–Crippen MR) is 270 cm³/mol. The molecule has 0 bridgehead atoms. The number of phosphoric ester groups is 1. The fraction of sp³-hybridized carbons (Fsp3) is 0.759. The third kappa shape index (κ3) is 50.8. The molecule has 9 heteroatoms. The largest absolute Gasteiger partial charge is 0.472 e. The Hall–Kier alpha value is -2.06. The molecule has 0 aliphatic rings. The molecular formula is C54H98NO7P. The number of carbonyl (C=O) groups excluding carboxylic acids is 1. The Morgan fingerprint density at radius 3 is 1.33 bits per heavy atom. The van der Waals surface area contributed by atoms with Crippen molar-refractivity contribution in [3.63, 3.8) is 0 Å². The minimum Gasteiger partial charge on any atom is -0.457 e. The highest BCUT2D eigenvalue weighted by molar-refractivity contribution is 7.47. The van der Waals surface area contributed by atoms with Crippen molar-refractivity contribution in [3.8, 4) is 0 Å². The van der Waals surface area contributed by atoms with Gasteiger partial charge in [0.1, 0.15) is 6.10 Å². The second-order valence-electron chi connectivity index (χ2n) is 17.0. The van der Waals surface area contributed by atoms with Crippen molar-refractivity contribution in [2.24, 2.45) is 5.73 Å². The van der Waals surface area contributed by atoms with Crippen LogP contribution in [0.4, 0.5) is 0 Å². The van der Waals surface area contributed by atoms with Crippen LogP contribution in [0.25, 0.3) is 0 Å². The predicted octanol–water partition coefficient (Wildman–Crippen LogP) is 16.3. The van der Waals surface area contributed by atoms with Crippen LogP contribution in [0.2, 0.25) is 0 Å². The van der Waals surface area contributed by atoms with Gasteiger partial charge in [-0.2, -0.15) is 0 Å². The van der Waals surface area contributed by atoms with Gasteiger partial charge in [0.25, 0.3) is 0 Å². The van der Waals surface area contributed by atoms with Gasteiger partial charge in [0.15, 0.2) is 0 Å². The van der Waals surface area contributed by atoms with Crippen molar-refractivity contribution < 1.29 is 32.8 Å². The monoisotopic (exact) mass is 904 g/mol. The Labute approximate surface area is 388 Å². The first-order chi connectivity index (χ1) is 30.9. The number of nitrogens with two attached hydrogens (primary N) is 1. The minimum atomic E-state index is -4.29. The lowest BCUT2D eigenvalue weighted by atomic mass is 10.0. The van der Waals surface area contributed by atoms with Crippen molar-refractivity contribution in [2.75, 3.05) is 33.0 Å². The summed E-state index contributed by atoms with van der Waals surface area (Å²) in [5.74, 6) is -0.353. The van der Waals surface area contributed by atoms with Crippen molar-refractivity contribution in [3.05, 3.63) is 72.9 Å². The molecule has 2 atom stereocenters. The molecule has 0 aromatic rings. The van der Waals surface area contributed by atoms with Gasteiger partial charge in [-0.3, -0.25) is 13.8 Å². The lowest BCUT2D eigenvalue weighted by Crippen LogP contribution is -2.28. The van der Waals surface area contributed by atoms with Gasteiger partial charge in [0, 0.05) is 19.6 Å². The standard InChI is InChI=1S/C54H98NO7P/c1-3-5-7-9-11-13-15-17-19-21-23-25-26-27-29-31-33-35-37-39-41-43-45-47-54(56)62-53(52-61-63(57,58)60-50-48-55)51-59-49-46-44-42-40-38-36-34-32-30-28-24-22-20-18-16-14-12-10-8-6-4-2/h5,7,11,13,17,19,23,25,27,29,33,35,53H,3-4,6,8-10,12,14-16,18,20-22,24,26,28,30-32,34,36-52,55H2,1-2H3,(H,57,58)/b7-5-,13-11-,19-17-,25-23-,29-27-,35-33-. The molecule has 0 fully saturated rings. The van der Waals surface area contributed by atoms with Gasteiger partial charge in [-0.15, -0.1) is 0 Å². The highest BCUT2D eigenvalue weighted by Crippen LogP contribution is 2.43. The van der Waals surface area contributed by atoms with Gasteiger partial charge in [-0.05, 0) is 64.2 Å². The number of ether oxygens (including phenoxy) is 2. The number of hydrogen-bond donors (Lipinski definition) is 2. The van der Waals surface area contributed by atoms with E-state index in [9.17, 15) is 14.3 Å². The fourth-order valence-electron chi connectivity index (χ4n) is 7.12. The number of allylic oxidation sites excluding steroid dienone is 12. The second-order valence-corrected chi connectivity index (χ2v) is 18.5. The maximum Gasteiger partial charge on any atom is 0.472 e. The summed E-state index contributed by atoms with van der Waals surface area (Å²) in [5.41, 5.74) is 5.39. The molecule has 0 aliphatic carbocycles. The molecule has 0 amide bonds. The van der Waals surface area contributed by atoms with Crippen LogP contribution in [0.3, 0.4) is 0 Å². The van der Waals surface area contributed by atoms with Crippen LogP contribution in [0.1, 0.15) is 226 Å². The molecule has 63 heavy (non-hydrogen) atoms. The van der Waals surface area contributed by atoms with Gasteiger partial charge in [-0.25, -0.2) is 4.57 Å². The van der Waals surface area contributed by atoms with E-state index < -0.39 is 13.9 Å². The van der Waals surface area contributed by atoms with E-state index in [-0.39, 0.29) is 38.8 Å². The van der Waals surface area contributed by atoms with Crippen LogP contribution in [0.5, 0.6) is 0 Å². The zero-order valence-electron chi connectivity index (χ0n) is 40.8. The number of esters is 1. The second kappa shape index (κ2) is 50.9. The zero-order chi connectivity index (χ0) is 45.8. The first-order valence-electron chi connectivity index (χ1n) is 25.9. The topological polar surface area (TPSA) is 117 Å². The SMILES string of the molecule is CC/C=C\C/C=C\C/C=C\C/C=C\C/C=C\C/C=C\CCCCCCC(=O)OC(COCCCCCCCCCCCCCCCCCCCCCCC)COP(=O)(O)OCCN. The maximum atomic E-state index is 12.7. The Morgan fingerprint density at radius 2 is 0.889 bits per heavy atom. The summed E-state index contributed by atoms with van der Waals surface area (Å²) in [6.45, 7) is 4.80. The normalized spacial score (nSPS) is 13.9. The first kappa shape index (κ1) is 60.9. The van der Waals surface area contributed by atoms with Crippen LogP contribution in [-0.2, 0) is 27.9 Å². The molecule has 0 aromatic carbocycles. The highest BCUT2D eigenvalue weighted by atomic mass is 31.2. The minimum absolute atomic E-state index is 0.0936. The van der Waals surface area contributed by atoms with Crippen LogP contribution < -0.4 is 5.73 Å². The van der Waals surface area contributed by atoms with Gasteiger partial charge >= 0.3 is 13.8 Å². The third-order valence-corrected chi connectivity index (χ3v) is 11.9. The summed E-state index contributed by atoms with van der Waals surface area (Å²) >= 11 is 0. The molecular weight excluding hydrogens is 806 g/mol. The molecule has 0 spiro atoms. The summed E-state index contributed by atoms with van der Waals surface area (Å²) in [6.07, 6.45) is 65.1. The number of rotatable bonds is 49. The van der Waals surface area contributed by atoms with Crippen LogP contribution >= 0.6 is 7.82 Å². The van der Waals surface area contributed by atoms with E-state index in [0.717, 1.165) is 83.5 Å². The maximum absolute atomic E-state index is 12.7. The number of hydrogen-bond acceptors (Lipinski definition) is 7. The molecule has 0 saturated heterocycles. The van der Waals surface area contributed by atoms with E-state index in [4.69, 9.17) is 24.3 Å². The summed E-state index contributed by atoms with van der Waals surface area (Å²) in [6, 6.07) is 0. The van der Waals surface area contributed by atoms with E-state index in [1.54, 1.807) is 0 Å². The van der Waals surface area contributed by atoms with Crippen molar-refractivity contribution in [2.45, 2.75) is 232 Å². The molecule has 0 saturated carbocycles. The molecule has 8 nitrogen and oxygen atoms in total. The Balaban J connectivity index is 4.00. The smallest absolute Gasteiger partial charge is 0.457 e. The van der Waals surface area contributed by atoms with E-state index >= 15 is 0 Å². The van der Waals surface area contributed by atoms with Crippen molar-refractivity contribution in [1.82, 2.24) is 0 Å². The summed E-state index contributed by atoms with van der Waals surface area (Å²) in [7, 11) is -4.29. The highest BCUT2D eigenvalue weighted by Gasteiger charge is 2.25. The molecule has 0 radical (unpaired) electrons. The van der Waals surface area contributed by atoms with E-state index in [1.807, 2.05) is 0 Å². The van der Waals surface area contributed by atoms with E-state index in [2.05, 4.69) is 86.8 Å². The zero-order valence-corrected chi connectivity index (χ0v) is 41.7.